The molecule has 1 aromatic heterocycles. The first-order chi connectivity index (χ1) is 8.93. The minimum absolute atomic E-state index is 0.0863. The average molecular weight is 342 g/mol. The number of aryl methyl sites for hydroxylation is 1. The van der Waals surface area contributed by atoms with E-state index in [0.29, 0.717) is 5.82 Å². The Morgan fingerprint density at radius 2 is 2.11 bits per heavy atom. The Bertz CT molecular complexity index is 727. The van der Waals surface area contributed by atoms with Crippen LogP contribution in [0.2, 0.25) is 0 Å². The van der Waals surface area contributed by atoms with Gasteiger partial charge in [0.05, 0.1) is 16.9 Å². The molecule has 0 bridgehead atoms. The van der Waals surface area contributed by atoms with E-state index in [1.165, 1.54) is 0 Å². The zero-order valence-electron chi connectivity index (χ0n) is 10.2. The first kappa shape index (κ1) is 12.8. The molecule has 1 fully saturated rings. The second-order valence-electron chi connectivity index (χ2n) is 4.89. The quantitative estimate of drug-likeness (QED) is 0.825. The number of hydrogen-bond acceptors (Lipinski definition) is 4. The molecule has 0 radical (unpaired) electrons. The summed E-state index contributed by atoms with van der Waals surface area (Å²) >= 11 is 3.43. The molecule has 19 heavy (non-hydrogen) atoms. The van der Waals surface area contributed by atoms with Gasteiger partial charge in [-0.1, -0.05) is 28.1 Å². The van der Waals surface area contributed by atoms with E-state index in [1.807, 2.05) is 31.3 Å². The third-order valence-electron chi connectivity index (χ3n) is 3.45. The Hall–Kier alpha value is -1.21. The molecule has 1 aliphatic heterocycles. The second-order valence-corrected chi connectivity index (χ2v) is 7.87. The molecule has 0 N–H and O–H groups in total. The van der Waals surface area contributed by atoms with Crippen LogP contribution < -0.4 is 0 Å². The topological polar surface area (TPSA) is 64.8 Å². The maximum atomic E-state index is 11.7. The minimum atomic E-state index is -2.99. The van der Waals surface area contributed by atoms with Gasteiger partial charge in [0, 0.05) is 11.5 Å². The van der Waals surface area contributed by atoms with Crippen molar-refractivity contribution in [1.29, 1.82) is 0 Å². The van der Waals surface area contributed by atoms with Crippen LogP contribution in [0.5, 0.6) is 0 Å². The molecule has 1 aromatic carbocycles. The second kappa shape index (κ2) is 4.14. The number of aromatic nitrogens is 3. The molecule has 2 heterocycles. The summed E-state index contributed by atoms with van der Waals surface area (Å²) in [6.45, 7) is 0. The smallest absolute Gasteiger partial charge is 0.153 e. The molecule has 7 heteroatoms. The van der Waals surface area contributed by atoms with Crippen LogP contribution in [0.1, 0.15) is 11.4 Å². The summed E-state index contributed by atoms with van der Waals surface area (Å²) < 4.78 is 26.1. The van der Waals surface area contributed by atoms with Gasteiger partial charge in [-0.15, -0.1) is 10.2 Å². The number of halogens is 1. The molecular formula is C12H12BrN3O2S. The van der Waals surface area contributed by atoms with Crippen LogP contribution >= 0.6 is 15.9 Å². The fourth-order valence-electron chi connectivity index (χ4n) is 2.64. The van der Waals surface area contributed by atoms with E-state index in [9.17, 15) is 8.42 Å². The summed E-state index contributed by atoms with van der Waals surface area (Å²) in [6.07, 6.45) is 1.60. The lowest BCUT2D eigenvalue weighted by molar-refractivity contribution is 0.483. The van der Waals surface area contributed by atoms with Crippen LogP contribution in [-0.4, -0.2) is 34.7 Å². The Kier molecular flexibility index (Phi) is 2.79. The molecule has 100 valence electrons. The molecule has 0 unspecified atom stereocenters. The van der Waals surface area contributed by atoms with E-state index in [2.05, 4.69) is 26.1 Å². The monoisotopic (exact) mass is 341 g/mol. The third kappa shape index (κ3) is 2.01. The zero-order chi connectivity index (χ0) is 13.7. The van der Waals surface area contributed by atoms with Gasteiger partial charge in [-0.3, -0.25) is 0 Å². The summed E-state index contributed by atoms with van der Waals surface area (Å²) in [7, 11) is -1.16. The zero-order valence-corrected chi connectivity index (χ0v) is 12.6. The van der Waals surface area contributed by atoms with Gasteiger partial charge in [0.2, 0.25) is 0 Å². The van der Waals surface area contributed by atoms with E-state index < -0.39 is 15.3 Å². The molecule has 1 aliphatic rings. The third-order valence-corrected chi connectivity index (χ3v) is 5.81. The number of benzene rings is 1. The summed E-state index contributed by atoms with van der Waals surface area (Å²) in [5.74, 6) is 0.867. The highest BCUT2D eigenvalue weighted by atomic mass is 79.9. The standard InChI is InChI=1S/C12H12BrN3O2S/c1-16-8-14-15-11(16)12(6-19(17,18)7-12)9-3-2-4-10(13)5-9/h2-5,8H,6-7H2,1H3. The van der Waals surface area contributed by atoms with Gasteiger partial charge in [0.15, 0.2) is 9.84 Å². The van der Waals surface area contributed by atoms with Gasteiger partial charge in [-0.2, -0.15) is 0 Å². The lowest BCUT2D eigenvalue weighted by Gasteiger charge is -2.40. The average Bonchev–Trinajstić information content (AvgIpc) is 2.72. The maximum absolute atomic E-state index is 11.7. The van der Waals surface area contributed by atoms with Crippen molar-refractivity contribution in [2.45, 2.75) is 5.41 Å². The largest absolute Gasteiger partial charge is 0.320 e. The normalized spacial score (nSPS) is 19.9. The SMILES string of the molecule is Cn1cnnc1C1(c2cccc(Br)c2)CS(=O)(=O)C1. The van der Waals surface area contributed by atoms with E-state index in [1.54, 1.807) is 10.9 Å². The van der Waals surface area contributed by atoms with Crippen molar-refractivity contribution < 1.29 is 8.42 Å². The van der Waals surface area contributed by atoms with E-state index >= 15 is 0 Å². The van der Waals surface area contributed by atoms with Gasteiger partial charge < -0.3 is 4.57 Å². The Morgan fingerprint density at radius 1 is 1.37 bits per heavy atom. The van der Waals surface area contributed by atoms with Crippen LogP contribution in [0.3, 0.4) is 0 Å². The highest BCUT2D eigenvalue weighted by Gasteiger charge is 2.53. The van der Waals surface area contributed by atoms with Crippen molar-refractivity contribution in [2.24, 2.45) is 7.05 Å². The van der Waals surface area contributed by atoms with Crippen molar-refractivity contribution in [3.05, 3.63) is 46.5 Å². The van der Waals surface area contributed by atoms with Crippen LogP contribution in [0.4, 0.5) is 0 Å². The Morgan fingerprint density at radius 3 is 2.63 bits per heavy atom. The lowest BCUT2D eigenvalue weighted by Crippen LogP contribution is -2.54. The van der Waals surface area contributed by atoms with Crippen LogP contribution in [0.15, 0.2) is 35.1 Å². The number of rotatable bonds is 2. The number of nitrogens with zero attached hydrogens (tertiary/aromatic N) is 3. The number of hydrogen-bond donors (Lipinski definition) is 0. The fraction of sp³-hybridized carbons (Fsp3) is 0.333. The van der Waals surface area contributed by atoms with Crippen molar-refractivity contribution in [2.75, 3.05) is 11.5 Å². The summed E-state index contributed by atoms with van der Waals surface area (Å²) in [5, 5.41) is 7.99. The van der Waals surface area contributed by atoms with Gasteiger partial charge in [-0.25, -0.2) is 8.42 Å². The maximum Gasteiger partial charge on any atom is 0.153 e. The van der Waals surface area contributed by atoms with Crippen LogP contribution in [0.25, 0.3) is 0 Å². The predicted molar refractivity (Wildman–Crippen MR) is 74.6 cm³/mol. The molecule has 0 aliphatic carbocycles. The highest BCUT2D eigenvalue weighted by Crippen LogP contribution is 2.42. The van der Waals surface area contributed by atoms with Crippen molar-refractivity contribution in [3.8, 4) is 0 Å². The minimum Gasteiger partial charge on any atom is -0.320 e. The first-order valence-corrected chi connectivity index (χ1v) is 8.35. The summed E-state index contributed by atoms with van der Waals surface area (Å²) in [5.41, 5.74) is 0.376. The van der Waals surface area contributed by atoms with Gasteiger partial charge in [-0.05, 0) is 17.7 Å². The predicted octanol–water partition coefficient (Wildman–Crippen LogP) is 1.29. The van der Waals surface area contributed by atoms with E-state index in [4.69, 9.17) is 0 Å². The number of sulfone groups is 1. The van der Waals surface area contributed by atoms with Crippen molar-refractivity contribution in [3.63, 3.8) is 0 Å². The molecule has 0 saturated carbocycles. The molecule has 1 saturated heterocycles. The molecule has 3 rings (SSSR count). The molecule has 0 spiro atoms. The van der Waals surface area contributed by atoms with Gasteiger partial charge in [0.1, 0.15) is 12.2 Å². The molecular weight excluding hydrogens is 330 g/mol. The highest BCUT2D eigenvalue weighted by molar-refractivity contribution is 9.10. The Labute approximate surface area is 119 Å². The van der Waals surface area contributed by atoms with Gasteiger partial charge in [0.25, 0.3) is 0 Å². The summed E-state index contributed by atoms with van der Waals surface area (Å²) in [4.78, 5) is 0. The Balaban J connectivity index is 2.17. The van der Waals surface area contributed by atoms with Crippen LogP contribution in [0, 0.1) is 0 Å². The molecule has 0 amide bonds. The van der Waals surface area contributed by atoms with Crippen molar-refractivity contribution in [1.82, 2.24) is 14.8 Å². The fourth-order valence-corrected chi connectivity index (χ4v) is 5.04. The molecule has 0 atom stereocenters. The van der Waals surface area contributed by atoms with E-state index in [-0.39, 0.29) is 11.5 Å². The van der Waals surface area contributed by atoms with Gasteiger partial charge >= 0.3 is 0 Å². The molecule has 2 aromatic rings. The summed E-state index contributed by atoms with van der Waals surface area (Å²) in [6, 6.07) is 7.71. The van der Waals surface area contributed by atoms with Crippen LogP contribution in [-0.2, 0) is 22.3 Å². The van der Waals surface area contributed by atoms with E-state index in [0.717, 1.165) is 10.0 Å². The first-order valence-electron chi connectivity index (χ1n) is 5.74. The van der Waals surface area contributed by atoms with Crippen molar-refractivity contribution >= 4 is 25.8 Å². The molecule has 5 nitrogen and oxygen atoms in total. The lowest BCUT2D eigenvalue weighted by atomic mass is 9.82.